The second-order valence-corrected chi connectivity index (χ2v) is 5.91. The lowest BCUT2D eigenvalue weighted by atomic mass is 9.89. The molecule has 110 valence electrons. The number of hydrogen-bond donors (Lipinski definition) is 3. The van der Waals surface area contributed by atoms with Crippen molar-refractivity contribution in [2.24, 2.45) is 5.41 Å². The summed E-state index contributed by atoms with van der Waals surface area (Å²) in [7, 11) is 0. The van der Waals surface area contributed by atoms with Crippen LogP contribution in [-0.4, -0.2) is 28.0 Å². The predicted octanol–water partition coefficient (Wildman–Crippen LogP) is 1.53. The van der Waals surface area contributed by atoms with Gasteiger partial charge in [0.2, 0.25) is 5.91 Å². The van der Waals surface area contributed by atoms with Gasteiger partial charge in [0.1, 0.15) is 5.01 Å². The fourth-order valence-electron chi connectivity index (χ4n) is 1.39. The lowest BCUT2D eigenvalue weighted by molar-refractivity contribution is -0.149. The molecule has 7 nitrogen and oxygen atoms in total. The number of amides is 3. The zero-order valence-electron chi connectivity index (χ0n) is 11.5. The molecule has 1 atom stereocenters. The third-order valence-corrected chi connectivity index (χ3v) is 3.56. The highest BCUT2D eigenvalue weighted by Crippen LogP contribution is 2.20. The van der Waals surface area contributed by atoms with E-state index >= 15 is 0 Å². The Morgan fingerprint density at radius 2 is 2.10 bits per heavy atom. The maximum Gasteiger partial charge on any atom is 0.321 e. The molecule has 0 aliphatic rings. The smallest absolute Gasteiger partial charge is 0.321 e. The highest BCUT2D eigenvalue weighted by Gasteiger charge is 2.30. The monoisotopic (exact) mass is 299 g/mol. The first kappa shape index (κ1) is 16.1. The number of carboxylic acids is 1. The Hall–Kier alpha value is -1.96. The number of aromatic nitrogens is 1. The number of urea groups is 1. The Morgan fingerprint density at radius 3 is 2.60 bits per heavy atom. The maximum atomic E-state index is 11.6. The van der Waals surface area contributed by atoms with Crippen LogP contribution < -0.4 is 10.6 Å². The molecule has 8 heteroatoms. The molecule has 1 aromatic heterocycles. The fourth-order valence-corrected chi connectivity index (χ4v) is 2.04. The zero-order valence-corrected chi connectivity index (χ0v) is 12.3. The molecule has 3 amide bonds. The maximum absolute atomic E-state index is 11.6. The van der Waals surface area contributed by atoms with Crippen molar-refractivity contribution >= 4 is 29.2 Å². The molecule has 20 heavy (non-hydrogen) atoms. The number of imide groups is 1. The summed E-state index contributed by atoms with van der Waals surface area (Å²) >= 11 is 1.39. The number of hydrogen-bond acceptors (Lipinski definition) is 5. The first-order valence-corrected chi connectivity index (χ1v) is 6.83. The largest absolute Gasteiger partial charge is 0.481 e. The van der Waals surface area contributed by atoms with E-state index in [9.17, 15) is 14.4 Å². The molecule has 1 heterocycles. The minimum absolute atomic E-state index is 0.276. The molecule has 0 bridgehead atoms. The molecule has 1 rings (SSSR count). The van der Waals surface area contributed by atoms with Crippen molar-refractivity contribution < 1.29 is 19.5 Å². The Morgan fingerprint density at radius 1 is 1.45 bits per heavy atom. The predicted molar refractivity (Wildman–Crippen MR) is 73.2 cm³/mol. The first-order chi connectivity index (χ1) is 9.22. The minimum atomic E-state index is -1.22. The summed E-state index contributed by atoms with van der Waals surface area (Å²) in [6.45, 7) is 4.58. The second-order valence-electron chi connectivity index (χ2n) is 4.98. The zero-order chi connectivity index (χ0) is 15.3. The van der Waals surface area contributed by atoms with Crippen molar-refractivity contribution in [2.75, 3.05) is 0 Å². The van der Waals surface area contributed by atoms with E-state index in [-0.39, 0.29) is 12.5 Å². The van der Waals surface area contributed by atoms with E-state index in [1.807, 2.05) is 0 Å². The molecule has 0 radical (unpaired) electrons. The summed E-state index contributed by atoms with van der Waals surface area (Å²) in [5.74, 6) is -1.73. The molecule has 0 spiro atoms. The molecule has 0 aromatic carbocycles. The first-order valence-electron chi connectivity index (χ1n) is 5.95. The van der Waals surface area contributed by atoms with Gasteiger partial charge in [-0.25, -0.2) is 9.78 Å². The molecular formula is C12H17N3O4S. The Balaban J connectivity index is 2.46. The van der Waals surface area contributed by atoms with E-state index in [4.69, 9.17) is 5.11 Å². The van der Waals surface area contributed by atoms with Gasteiger partial charge in [-0.2, -0.15) is 0 Å². The van der Waals surface area contributed by atoms with E-state index in [2.05, 4.69) is 15.6 Å². The number of thiazole rings is 1. The summed E-state index contributed by atoms with van der Waals surface area (Å²) in [6.07, 6.45) is 1.35. The van der Waals surface area contributed by atoms with Crippen molar-refractivity contribution in [3.8, 4) is 0 Å². The van der Waals surface area contributed by atoms with Gasteiger partial charge in [-0.05, 0) is 20.8 Å². The number of rotatable bonds is 5. The van der Waals surface area contributed by atoms with Gasteiger partial charge in [0, 0.05) is 18.0 Å². The van der Waals surface area contributed by atoms with Crippen LogP contribution in [0.1, 0.15) is 38.2 Å². The number of nitrogens with one attached hydrogen (secondary N) is 2. The van der Waals surface area contributed by atoms with Crippen LogP contribution in [0.25, 0.3) is 0 Å². The molecule has 0 aliphatic heterocycles. The summed E-state index contributed by atoms with van der Waals surface area (Å²) in [6, 6.07) is -0.992. The quantitative estimate of drug-likeness (QED) is 0.764. The highest BCUT2D eigenvalue weighted by atomic mass is 32.1. The standard InChI is InChI=1S/C12H17N3O4S/c1-7(9-13-4-5-20-9)14-11(19)15-8(16)6-12(2,3)10(17)18/h4-5,7H,6H2,1-3H3,(H,17,18)(H2,14,15,16,19). The van der Waals surface area contributed by atoms with Crippen LogP contribution in [0.15, 0.2) is 11.6 Å². The highest BCUT2D eigenvalue weighted by molar-refractivity contribution is 7.09. The van der Waals surface area contributed by atoms with Crippen LogP contribution in [0.4, 0.5) is 4.79 Å². The van der Waals surface area contributed by atoms with E-state index in [0.29, 0.717) is 0 Å². The number of carboxylic acid groups (broad SMARTS) is 1. The lowest BCUT2D eigenvalue weighted by Crippen LogP contribution is -2.42. The van der Waals surface area contributed by atoms with Gasteiger partial charge < -0.3 is 10.4 Å². The third kappa shape index (κ3) is 4.61. The lowest BCUT2D eigenvalue weighted by Gasteiger charge is -2.18. The SMILES string of the molecule is CC(NC(=O)NC(=O)CC(C)(C)C(=O)O)c1nccs1. The number of carbonyl (C=O) groups is 3. The van der Waals surface area contributed by atoms with Crippen LogP contribution in [0, 0.1) is 5.41 Å². The molecule has 0 fully saturated rings. The van der Waals surface area contributed by atoms with Gasteiger partial charge in [-0.3, -0.25) is 14.9 Å². The molecule has 0 saturated carbocycles. The van der Waals surface area contributed by atoms with Crippen LogP contribution in [-0.2, 0) is 9.59 Å². The molecule has 0 aliphatic carbocycles. The van der Waals surface area contributed by atoms with Crippen LogP contribution in [0.3, 0.4) is 0 Å². The van der Waals surface area contributed by atoms with Gasteiger partial charge >= 0.3 is 12.0 Å². The van der Waals surface area contributed by atoms with Crippen molar-refractivity contribution in [1.82, 2.24) is 15.6 Å². The Bertz CT molecular complexity index is 499. The van der Waals surface area contributed by atoms with Crippen LogP contribution >= 0.6 is 11.3 Å². The number of nitrogens with zero attached hydrogens (tertiary/aromatic N) is 1. The normalized spacial score (nSPS) is 12.6. The van der Waals surface area contributed by atoms with Crippen LogP contribution in [0.5, 0.6) is 0 Å². The van der Waals surface area contributed by atoms with E-state index in [1.54, 1.807) is 18.5 Å². The summed E-state index contributed by atoms with van der Waals surface area (Å²) < 4.78 is 0. The Labute approximate surface area is 120 Å². The molecular weight excluding hydrogens is 282 g/mol. The minimum Gasteiger partial charge on any atom is -0.481 e. The van der Waals surface area contributed by atoms with Crippen molar-refractivity contribution in [3.63, 3.8) is 0 Å². The molecule has 0 saturated heterocycles. The second kappa shape index (κ2) is 6.47. The van der Waals surface area contributed by atoms with Crippen molar-refractivity contribution in [1.29, 1.82) is 0 Å². The molecule has 1 aromatic rings. The van der Waals surface area contributed by atoms with E-state index < -0.39 is 23.3 Å². The van der Waals surface area contributed by atoms with Gasteiger partial charge in [0.25, 0.3) is 0 Å². The molecule has 1 unspecified atom stereocenters. The fraction of sp³-hybridized carbons (Fsp3) is 0.500. The van der Waals surface area contributed by atoms with Gasteiger partial charge in [-0.15, -0.1) is 11.3 Å². The number of aliphatic carboxylic acids is 1. The van der Waals surface area contributed by atoms with Gasteiger partial charge in [0.05, 0.1) is 11.5 Å². The van der Waals surface area contributed by atoms with Crippen molar-refractivity contribution in [2.45, 2.75) is 33.2 Å². The third-order valence-electron chi connectivity index (χ3n) is 2.60. The van der Waals surface area contributed by atoms with Gasteiger partial charge in [0.15, 0.2) is 0 Å². The van der Waals surface area contributed by atoms with E-state index in [0.717, 1.165) is 5.01 Å². The average Bonchev–Trinajstić information content (AvgIpc) is 2.80. The number of carbonyl (C=O) groups excluding carboxylic acids is 2. The summed E-state index contributed by atoms with van der Waals surface area (Å²) in [5, 5.41) is 16.1. The van der Waals surface area contributed by atoms with Gasteiger partial charge in [-0.1, -0.05) is 0 Å². The topological polar surface area (TPSA) is 108 Å². The van der Waals surface area contributed by atoms with E-state index in [1.165, 1.54) is 25.2 Å². The average molecular weight is 299 g/mol. The van der Waals surface area contributed by atoms with Crippen molar-refractivity contribution in [3.05, 3.63) is 16.6 Å². The van der Waals surface area contributed by atoms with Crippen LogP contribution in [0.2, 0.25) is 0 Å². The Kier molecular flexibility index (Phi) is 5.20. The summed E-state index contributed by atoms with van der Waals surface area (Å²) in [5.41, 5.74) is -1.22. The molecule has 3 N–H and O–H groups in total. The summed E-state index contributed by atoms with van der Waals surface area (Å²) in [4.78, 5) is 38.1.